The van der Waals surface area contributed by atoms with E-state index in [1.54, 1.807) is 31.2 Å². The fourth-order valence-corrected chi connectivity index (χ4v) is 5.23. The fourth-order valence-electron chi connectivity index (χ4n) is 3.41. The summed E-state index contributed by atoms with van der Waals surface area (Å²) in [6, 6.07) is 22.7. The molecule has 1 saturated heterocycles. The highest BCUT2D eigenvalue weighted by Crippen LogP contribution is 2.28. The molecule has 0 aromatic heterocycles. The predicted octanol–water partition coefficient (Wildman–Crippen LogP) is 3.83. The largest absolute Gasteiger partial charge is 0.489 e. The van der Waals surface area contributed by atoms with E-state index in [0.29, 0.717) is 23.6 Å². The number of hydrogen-bond donors (Lipinski definition) is 1. The average Bonchev–Trinajstić information content (AvgIpc) is 3.00. The van der Waals surface area contributed by atoms with Crippen molar-refractivity contribution in [2.24, 2.45) is 5.92 Å². The smallest absolute Gasteiger partial charge is 0.255 e. The number of sulfonamides is 1. The van der Waals surface area contributed by atoms with Crippen LogP contribution in [-0.2, 0) is 21.4 Å². The molecule has 1 aliphatic rings. The van der Waals surface area contributed by atoms with Gasteiger partial charge in [0, 0.05) is 11.3 Å². The number of carbonyl (C=O) groups excluding carboxylic acids is 2. The molecule has 0 bridgehead atoms. The number of nitrogens with zero attached hydrogens (tertiary/aromatic N) is 1. The van der Waals surface area contributed by atoms with Crippen molar-refractivity contribution < 1.29 is 22.7 Å². The van der Waals surface area contributed by atoms with Gasteiger partial charge in [0.25, 0.3) is 5.91 Å². The van der Waals surface area contributed by atoms with E-state index >= 15 is 0 Å². The number of carbonyl (C=O) groups is 2. The molecular weight excluding hydrogens is 428 g/mol. The van der Waals surface area contributed by atoms with Crippen LogP contribution in [0.25, 0.3) is 0 Å². The summed E-state index contributed by atoms with van der Waals surface area (Å²) in [7, 11) is -3.68. The van der Waals surface area contributed by atoms with Gasteiger partial charge in [-0.05, 0) is 54.1 Å². The van der Waals surface area contributed by atoms with Crippen molar-refractivity contribution in [3.05, 3.63) is 90.0 Å². The number of rotatable bonds is 6. The van der Waals surface area contributed by atoms with Crippen LogP contribution in [0.15, 0.2) is 78.9 Å². The maximum absolute atomic E-state index is 12.5. The molecule has 1 fully saturated rings. The Morgan fingerprint density at radius 1 is 1.00 bits per heavy atom. The lowest BCUT2D eigenvalue weighted by molar-refractivity contribution is -0.119. The molecule has 1 heterocycles. The zero-order valence-corrected chi connectivity index (χ0v) is 18.2. The summed E-state index contributed by atoms with van der Waals surface area (Å²) in [5.74, 6) is -0.918. The van der Waals surface area contributed by atoms with Crippen LogP contribution >= 0.6 is 0 Å². The normalized spacial score (nSPS) is 17.2. The molecule has 2 amide bonds. The van der Waals surface area contributed by atoms with E-state index in [1.165, 1.54) is 24.3 Å². The highest BCUT2D eigenvalue weighted by Gasteiger charge is 2.41. The minimum absolute atomic E-state index is 0.209. The minimum Gasteiger partial charge on any atom is -0.489 e. The van der Waals surface area contributed by atoms with E-state index in [4.69, 9.17) is 4.74 Å². The zero-order chi connectivity index (χ0) is 22.7. The summed E-state index contributed by atoms with van der Waals surface area (Å²) in [5, 5.41) is 2.79. The molecule has 8 heteroatoms. The van der Waals surface area contributed by atoms with E-state index in [0.717, 1.165) is 9.87 Å². The van der Waals surface area contributed by atoms with Gasteiger partial charge in [-0.1, -0.05) is 37.3 Å². The number of benzene rings is 3. The summed E-state index contributed by atoms with van der Waals surface area (Å²) < 4.78 is 31.0. The highest BCUT2D eigenvalue weighted by atomic mass is 32.2. The Balaban J connectivity index is 1.38. The second-order valence-corrected chi connectivity index (χ2v) is 9.44. The molecule has 0 spiro atoms. The lowest BCUT2D eigenvalue weighted by Gasteiger charge is -2.15. The van der Waals surface area contributed by atoms with E-state index in [1.807, 2.05) is 30.3 Å². The second-order valence-electron chi connectivity index (χ2n) is 7.58. The van der Waals surface area contributed by atoms with Crippen LogP contribution in [0.3, 0.4) is 0 Å². The number of anilines is 2. The minimum atomic E-state index is -3.68. The fraction of sp³-hybridized carbons (Fsp3) is 0.167. The lowest BCUT2D eigenvalue weighted by Crippen LogP contribution is -2.30. The second kappa shape index (κ2) is 8.84. The van der Waals surface area contributed by atoms with Crippen LogP contribution in [0.4, 0.5) is 11.4 Å². The molecule has 1 aliphatic heterocycles. The van der Waals surface area contributed by atoms with Crippen molar-refractivity contribution in [3.8, 4) is 5.75 Å². The third-order valence-electron chi connectivity index (χ3n) is 5.09. The number of ether oxygens (including phenoxy) is 1. The van der Waals surface area contributed by atoms with Crippen molar-refractivity contribution in [1.82, 2.24) is 0 Å². The topological polar surface area (TPSA) is 92.8 Å². The maximum Gasteiger partial charge on any atom is 0.255 e. The molecule has 3 aromatic carbocycles. The highest BCUT2D eigenvalue weighted by molar-refractivity contribution is 7.94. The first-order valence-corrected chi connectivity index (χ1v) is 11.7. The van der Waals surface area contributed by atoms with Crippen LogP contribution in [0.5, 0.6) is 5.75 Å². The molecule has 0 radical (unpaired) electrons. The molecule has 1 atom stereocenters. The monoisotopic (exact) mass is 450 g/mol. The van der Waals surface area contributed by atoms with Crippen molar-refractivity contribution in [3.63, 3.8) is 0 Å². The molecule has 0 saturated carbocycles. The van der Waals surface area contributed by atoms with Crippen molar-refractivity contribution in [2.45, 2.75) is 13.5 Å². The van der Waals surface area contributed by atoms with Crippen molar-refractivity contribution >= 4 is 33.2 Å². The molecule has 164 valence electrons. The Hall–Kier alpha value is -3.65. The van der Waals surface area contributed by atoms with Crippen molar-refractivity contribution in [2.75, 3.05) is 15.4 Å². The first-order chi connectivity index (χ1) is 15.3. The predicted molar refractivity (Wildman–Crippen MR) is 122 cm³/mol. The molecular formula is C24H22N2O5S. The summed E-state index contributed by atoms with van der Waals surface area (Å²) in [5.41, 5.74) is 2.23. The Morgan fingerprint density at radius 3 is 2.25 bits per heavy atom. The van der Waals surface area contributed by atoms with Crippen LogP contribution in [0, 0.1) is 5.92 Å². The summed E-state index contributed by atoms with van der Waals surface area (Å²) in [6.45, 7) is 2.03. The average molecular weight is 451 g/mol. The molecule has 1 N–H and O–H groups in total. The van der Waals surface area contributed by atoms with Gasteiger partial charge in [-0.2, -0.15) is 0 Å². The van der Waals surface area contributed by atoms with Gasteiger partial charge >= 0.3 is 0 Å². The molecule has 0 aliphatic carbocycles. The summed E-state index contributed by atoms with van der Waals surface area (Å²) in [4.78, 5) is 24.7. The SMILES string of the molecule is CC1CS(=O)(=O)N(c2ccc(C(=O)Nc3ccc(OCc4ccccc4)cc3)cc2)C1=O. The summed E-state index contributed by atoms with van der Waals surface area (Å²) in [6.07, 6.45) is 0. The van der Waals surface area contributed by atoms with Gasteiger partial charge in [-0.15, -0.1) is 0 Å². The number of hydrogen-bond acceptors (Lipinski definition) is 5. The third kappa shape index (κ3) is 4.65. The first-order valence-electron chi connectivity index (χ1n) is 10.1. The van der Waals surface area contributed by atoms with E-state index in [2.05, 4.69) is 5.32 Å². The van der Waals surface area contributed by atoms with Crippen LogP contribution in [0.1, 0.15) is 22.8 Å². The molecule has 1 unspecified atom stereocenters. The zero-order valence-electron chi connectivity index (χ0n) is 17.4. The molecule has 4 rings (SSSR count). The van der Waals surface area contributed by atoms with Crippen molar-refractivity contribution in [1.29, 1.82) is 0 Å². The summed E-state index contributed by atoms with van der Waals surface area (Å²) >= 11 is 0. The van der Waals surface area contributed by atoms with Gasteiger partial charge < -0.3 is 10.1 Å². The molecule has 3 aromatic rings. The quantitative estimate of drug-likeness (QED) is 0.616. The van der Waals surface area contributed by atoms with Gasteiger partial charge in [-0.25, -0.2) is 12.7 Å². The molecule has 7 nitrogen and oxygen atoms in total. The van der Waals surface area contributed by atoms with E-state index in [-0.39, 0.29) is 17.3 Å². The third-order valence-corrected chi connectivity index (χ3v) is 6.95. The Kier molecular flexibility index (Phi) is 5.96. The van der Waals surface area contributed by atoms with Gasteiger partial charge in [0.15, 0.2) is 0 Å². The van der Waals surface area contributed by atoms with Gasteiger partial charge in [0.05, 0.1) is 17.4 Å². The van der Waals surface area contributed by atoms with Gasteiger partial charge in [0.1, 0.15) is 12.4 Å². The lowest BCUT2D eigenvalue weighted by atomic mass is 10.1. The standard InChI is InChI=1S/C24H22N2O5S/c1-17-16-32(29,30)26(24(17)28)21-11-7-19(8-12-21)23(27)25-20-9-13-22(14-10-20)31-15-18-5-3-2-4-6-18/h2-14,17H,15-16H2,1H3,(H,25,27). The van der Waals surface area contributed by atoms with Gasteiger partial charge in [0.2, 0.25) is 15.9 Å². The number of amides is 2. The first kappa shape index (κ1) is 21.6. The van der Waals surface area contributed by atoms with E-state index in [9.17, 15) is 18.0 Å². The van der Waals surface area contributed by atoms with Crippen LogP contribution in [0.2, 0.25) is 0 Å². The molecule has 32 heavy (non-hydrogen) atoms. The number of nitrogens with one attached hydrogen (secondary N) is 1. The van der Waals surface area contributed by atoms with Crippen LogP contribution in [-0.4, -0.2) is 26.0 Å². The Labute approximate surface area is 186 Å². The van der Waals surface area contributed by atoms with E-state index < -0.39 is 21.8 Å². The van der Waals surface area contributed by atoms with Gasteiger partial charge in [-0.3, -0.25) is 9.59 Å². The Morgan fingerprint density at radius 2 is 1.66 bits per heavy atom. The maximum atomic E-state index is 12.5. The Bertz CT molecular complexity index is 1220. The van der Waals surface area contributed by atoms with Crippen LogP contribution < -0.4 is 14.4 Å².